The lowest BCUT2D eigenvalue weighted by Crippen LogP contribution is -2.29. The minimum atomic E-state index is -4.75. The first-order chi connectivity index (χ1) is 15.7. The first-order valence-corrected chi connectivity index (χ1v) is 9.15. The van der Waals surface area contributed by atoms with Gasteiger partial charge >= 0.3 is 25.8 Å². The highest BCUT2D eigenvalue weighted by atomic mass is 19.4. The van der Waals surface area contributed by atoms with Crippen LogP contribution in [0, 0.1) is 0 Å². The molecule has 0 radical (unpaired) electrons. The summed E-state index contributed by atoms with van der Waals surface area (Å²) in [7, 11) is -1.70. The van der Waals surface area contributed by atoms with Crippen molar-refractivity contribution in [1.82, 2.24) is 0 Å². The van der Waals surface area contributed by atoms with Crippen LogP contribution in [0.2, 0.25) is 0 Å². The number of carboxylic acid groups (broad SMARTS) is 1. The van der Waals surface area contributed by atoms with Gasteiger partial charge in [-0.15, -0.1) is 26.3 Å². The summed E-state index contributed by atoms with van der Waals surface area (Å²) in [5.74, 6) is -1.85. The monoisotopic (exact) mass is 488 g/mol. The van der Waals surface area contributed by atoms with Gasteiger partial charge in [-0.05, 0) is 46.9 Å². The maximum atomic E-state index is 12.0. The molecule has 0 unspecified atom stereocenters. The molecule has 3 aromatic rings. The number of rotatable bonds is 5. The van der Waals surface area contributed by atoms with Crippen molar-refractivity contribution >= 4 is 18.6 Å². The second-order valence-corrected chi connectivity index (χ2v) is 6.41. The Labute approximate surface area is 188 Å². The summed E-state index contributed by atoms with van der Waals surface area (Å²) in [4.78, 5) is 11.1. The highest BCUT2D eigenvalue weighted by Crippen LogP contribution is 2.28. The minimum absolute atomic E-state index is 0.0805. The maximum Gasteiger partial charge on any atom is 0.573 e. The molecule has 3 rings (SSSR count). The normalized spacial score (nSPS) is 11.2. The molecule has 3 aromatic carbocycles. The molecule has 0 bridgehead atoms. The Morgan fingerprint density at radius 2 is 1.15 bits per heavy atom. The summed E-state index contributed by atoms with van der Waals surface area (Å²) < 4.78 is 78.5. The van der Waals surface area contributed by atoms with Gasteiger partial charge in [0.05, 0.1) is 5.56 Å². The average molecular weight is 488 g/mol. The number of carboxylic acids is 1. The lowest BCUT2D eigenvalue weighted by atomic mass is 9.80. The molecule has 180 valence electrons. The average Bonchev–Trinajstić information content (AvgIpc) is 2.73. The summed E-state index contributed by atoms with van der Waals surface area (Å²) in [5, 5.41) is 26.3. The van der Waals surface area contributed by atoms with Crippen molar-refractivity contribution in [3.63, 3.8) is 0 Å². The number of benzene rings is 3. The molecule has 0 spiro atoms. The first-order valence-electron chi connectivity index (χ1n) is 9.15. The first kappa shape index (κ1) is 26.5. The van der Waals surface area contributed by atoms with E-state index in [4.69, 9.17) is 15.2 Å². The van der Waals surface area contributed by atoms with E-state index in [1.807, 2.05) is 0 Å². The largest absolute Gasteiger partial charge is 0.573 e. The molecule has 0 heterocycles. The number of hydrogen-bond acceptors (Lipinski definition) is 5. The van der Waals surface area contributed by atoms with E-state index in [9.17, 15) is 31.1 Å². The third-order valence-electron chi connectivity index (χ3n) is 3.97. The Bertz CT molecular complexity index is 1080. The standard InChI is InChI=1S/C14H9F3O3.C7H6BF3O3/c15-14(16,17)20-10-7-5-9(6-8-10)11-3-1-2-4-12(11)13(18)19;9-7(10,11)14-6-3-1-5(2-4-6)8(12)13/h1-8H,(H,18,19);1-4,12-13H. The van der Waals surface area contributed by atoms with Gasteiger partial charge in [-0.25, -0.2) is 4.79 Å². The van der Waals surface area contributed by atoms with Crippen LogP contribution in [0.25, 0.3) is 11.1 Å². The van der Waals surface area contributed by atoms with Crippen LogP contribution in [0.1, 0.15) is 10.4 Å². The van der Waals surface area contributed by atoms with Crippen LogP contribution in [0.5, 0.6) is 11.5 Å². The highest BCUT2D eigenvalue weighted by molar-refractivity contribution is 6.58. The second-order valence-electron chi connectivity index (χ2n) is 6.41. The highest BCUT2D eigenvalue weighted by Gasteiger charge is 2.31. The van der Waals surface area contributed by atoms with Crippen LogP contribution in [0.4, 0.5) is 26.3 Å². The fourth-order valence-electron chi connectivity index (χ4n) is 2.60. The summed E-state index contributed by atoms with van der Waals surface area (Å²) >= 11 is 0. The molecule has 0 aliphatic rings. The van der Waals surface area contributed by atoms with Gasteiger partial charge in [-0.3, -0.25) is 0 Å². The Kier molecular flexibility index (Phi) is 8.54. The number of carbonyl (C=O) groups is 1. The van der Waals surface area contributed by atoms with Crippen molar-refractivity contribution in [2.24, 2.45) is 0 Å². The molecular weight excluding hydrogens is 473 g/mol. The number of ether oxygens (including phenoxy) is 2. The molecule has 0 aromatic heterocycles. The SMILES string of the molecule is O=C(O)c1ccccc1-c1ccc(OC(F)(F)F)cc1.OB(O)c1ccc(OC(F)(F)F)cc1. The molecule has 3 N–H and O–H groups in total. The lowest BCUT2D eigenvalue weighted by molar-refractivity contribution is -0.275. The molecule has 6 nitrogen and oxygen atoms in total. The van der Waals surface area contributed by atoms with Gasteiger partial charge in [-0.1, -0.05) is 42.5 Å². The van der Waals surface area contributed by atoms with E-state index in [1.165, 1.54) is 18.2 Å². The summed E-state index contributed by atoms with van der Waals surface area (Å²) in [6.07, 6.45) is -9.49. The summed E-state index contributed by atoms with van der Waals surface area (Å²) in [5.41, 5.74) is 1.10. The van der Waals surface area contributed by atoms with Crippen molar-refractivity contribution in [2.75, 3.05) is 0 Å². The number of halogens is 6. The molecule has 0 amide bonds. The van der Waals surface area contributed by atoms with Gasteiger partial charge in [0, 0.05) is 0 Å². The van der Waals surface area contributed by atoms with Crippen LogP contribution in [-0.4, -0.2) is 41.0 Å². The van der Waals surface area contributed by atoms with Crippen LogP contribution in [0.3, 0.4) is 0 Å². The molecule has 0 atom stereocenters. The van der Waals surface area contributed by atoms with Gasteiger partial charge in [-0.2, -0.15) is 0 Å². The predicted octanol–water partition coefficient (Wildman–Crippen LogP) is 4.22. The predicted molar refractivity (Wildman–Crippen MR) is 108 cm³/mol. The van der Waals surface area contributed by atoms with Crippen molar-refractivity contribution < 1.29 is 55.8 Å². The van der Waals surface area contributed by atoms with E-state index in [0.29, 0.717) is 11.1 Å². The van der Waals surface area contributed by atoms with Gasteiger partial charge in [0.25, 0.3) is 0 Å². The van der Waals surface area contributed by atoms with Crippen molar-refractivity contribution in [3.8, 4) is 22.6 Å². The molecule has 13 heteroatoms. The van der Waals surface area contributed by atoms with Crippen LogP contribution < -0.4 is 14.9 Å². The van der Waals surface area contributed by atoms with E-state index in [2.05, 4.69) is 9.47 Å². The van der Waals surface area contributed by atoms with E-state index in [1.54, 1.807) is 18.2 Å². The summed E-state index contributed by atoms with van der Waals surface area (Å²) in [6.45, 7) is 0. The van der Waals surface area contributed by atoms with Gasteiger partial charge in [0.15, 0.2) is 0 Å². The van der Waals surface area contributed by atoms with Crippen molar-refractivity contribution in [3.05, 3.63) is 78.4 Å². The van der Waals surface area contributed by atoms with Crippen LogP contribution in [0.15, 0.2) is 72.8 Å². The lowest BCUT2D eigenvalue weighted by Gasteiger charge is -2.10. The quantitative estimate of drug-likeness (QED) is 0.368. The van der Waals surface area contributed by atoms with Crippen LogP contribution >= 0.6 is 0 Å². The topological polar surface area (TPSA) is 96.2 Å². The fraction of sp³-hybridized carbons (Fsp3) is 0.0952. The number of aromatic carboxylic acids is 1. The Hall–Kier alpha value is -3.71. The third kappa shape index (κ3) is 8.67. The van der Waals surface area contributed by atoms with E-state index >= 15 is 0 Å². The van der Waals surface area contributed by atoms with Crippen molar-refractivity contribution in [1.29, 1.82) is 0 Å². The zero-order chi connectivity index (χ0) is 25.5. The smallest absolute Gasteiger partial charge is 0.478 e. The van der Waals surface area contributed by atoms with Crippen LogP contribution in [-0.2, 0) is 0 Å². The zero-order valence-electron chi connectivity index (χ0n) is 16.8. The molecular formula is C21H15BF6O6. The second kappa shape index (κ2) is 10.9. The Morgan fingerprint density at radius 3 is 1.56 bits per heavy atom. The van der Waals surface area contributed by atoms with Gasteiger partial charge in [0.1, 0.15) is 11.5 Å². The van der Waals surface area contributed by atoms with Gasteiger partial charge < -0.3 is 24.6 Å². The molecule has 0 saturated heterocycles. The molecule has 34 heavy (non-hydrogen) atoms. The van der Waals surface area contributed by atoms with E-state index < -0.39 is 31.6 Å². The number of alkyl halides is 6. The molecule has 0 aliphatic heterocycles. The molecule has 0 fully saturated rings. The van der Waals surface area contributed by atoms with Gasteiger partial charge in [0.2, 0.25) is 0 Å². The number of hydrogen-bond donors (Lipinski definition) is 3. The van der Waals surface area contributed by atoms with Crippen molar-refractivity contribution in [2.45, 2.75) is 12.7 Å². The molecule has 0 aliphatic carbocycles. The van der Waals surface area contributed by atoms with E-state index in [-0.39, 0.29) is 16.8 Å². The zero-order valence-corrected chi connectivity index (χ0v) is 16.8. The van der Waals surface area contributed by atoms with E-state index in [0.717, 1.165) is 36.4 Å². The Balaban J connectivity index is 0.000000257. The summed E-state index contributed by atoms with van der Waals surface area (Å²) in [6, 6.07) is 15.5. The Morgan fingerprint density at radius 1 is 0.706 bits per heavy atom. The fourth-order valence-corrected chi connectivity index (χ4v) is 2.60. The molecule has 0 saturated carbocycles. The third-order valence-corrected chi connectivity index (χ3v) is 3.97. The minimum Gasteiger partial charge on any atom is -0.478 e. The maximum absolute atomic E-state index is 12.0.